The van der Waals surface area contributed by atoms with Gasteiger partial charge in [-0.05, 0) is 18.6 Å². The third-order valence-electron chi connectivity index (χ3n) is 3.19. The summed E-state index contributed by atoms with van der Waals surface area (Å²) < 4.78 is 0. The minimum Gasteiger partial charge on any atom is -0.394 e. The van der Waals surface area contributed by atoms with Crippen LogP contribution in [0.4, 0.5) is 11.8 Å². The van der Waals surface area contributed by atoms with E-state index < -0.39 is 0 Å². The average molecular weight is 275 g/mol. The Kier molecular flexibility index (Phi) is 5.06. The van der Waals surface area contributed by atoms with Gasteiger partial charge in [0.25, 0.3) is 0 Å². The first-order valence-corrected chi connectivity index (χ1v) is 7.00. The van der Waals surface area contributed by atoms with Gasteiger partial charge in [-0.3, -0.25) is 4.98 Å². The Balaban J connectivity index is 2.18. The van der Waals surface area contributed by atoms with Crippen LogP contribution >= 0.6 is 0 Å². The zero-order valence-electron chi connectivity index (χ0n) is 11.7. The fraction of sp³-hybridized carbons (Fsp3) is 0.500. The van der Waals surface area contributed by atoms with E-state index >= 15 is 0 Å². The number of aliphatic hydroxyl groups excluding tert-OH is 1. The van der Waals surface area contributed by atoms with Crippen molar-refractivity contribution in [2.45, 2.75) is 38.6 Å². The summed E-state index contributed by atoms with van der Waals surface area (Å²) in [5.41, 5.74) is 7.09. The van der Waals surface area contributed by atoms with Gasteiger partial charge in [0.2, 0.25) is 5.95 Å². The molecular weight excluding hydrogens is 254 g/mol. The lowest BCUT2D eigenvalue weighted by Crippen LogP contribution is -2.24. The van der Waals surface area contributed by atoms with Gasteiger partial charge in [0, 0.05) is 6.20 Å². The number of aliphatic hydroxyl groups is 1. The Morgan fingerprint density at radius 2 is 2.20 bits per heavy atom. The number of pyridine rings is 1. The summed E-state index contributed by atoms with van der Waals surface area (Å²) in [4.78, 5) is 12.6. The molecule has 0 aliphatic rings. The molecule has 0 saturated carbocycles. The number of anilines is 2. The van der Waals surface area contributed by atoms with Crippen LogP contribution in [0.25, 0.3) is 11.0 Å². The Morgan fingerprint density at radius 3 is 2.95 bits per heavy atom. The molecule has 6 nitrogen and oxygen atoms in total. The monoisotopic (exact) mass is 275 g/mol. The first kappa shape index (κ1) is 14.5. The van der Waals surface area contributed by atoms with Crippen molar-refractivity contribution >= 4 is 22.8 Å². The smallest absolute Gasteiger partial charge is 0.222 e. The van der Waals surface area contributed by atoms with Crippen LogP contribution in [0.15, 0.2) is 18.3 Å². The lowest BCUT2D eigenvalue weighted by atomic mass is 10.1. The van der Waals surface area contributed by atoms with Crippen molar-refractivity contribution in [1.82, 2.24) is 15.0 Å². The molecule has 0 aliphatic heterocycles. The SMILES string of the molecule is CCCCCC(CO)Nc1nc(N)nc2cccnc12. The summed E-state index contributed by atoms with van der Waals surface area (Å²) in [6, 6.07) is 3.61. The Hall–Kier alpha value is -1.95. The van der Waals surface area contributed by atoms with E-state index in [9.17, 15) is 5.11 Å². The van der Waals surface area contributed by atoms with Crippen LogP contribution in [-0.4, -0.2) is 32.7 Å². The van der Waals surface area contributed by atoms with Crippen LogP contribution in [-0.2, 0) is 0 Å². The fourth-order valence-electron chi connectivity index (χ4n) is 2.13. The number of unbranched alkanes of at least 4 members (excludes halogenated alkanes) is 2. The molecule has 0 spiro atoms. The molecule has 2 aromatic rings. The molecule has 6 heteroatoms. The second kappa shape index (κ2) is 7.00. The minimum atomic E-state index is -0.0407. The van der Waals surface area contributed by atoms with Crippen LogP contribution in [0.5, 0.6) is 0 Å². The predicted octanol–water partition coefficient (Wildman–Crippen LogP) is 1.96. The predicted molar refractivity (Wildman–Crippen MR) is 80.4 cm³/mol. The Labute approximate surface area is 118 Å². The molecule has 2 aromatic heterocycles. The summed E-state index contributed by atoms with van der Waals surface area (Å²) in [7, 11) is 0. The molecule has 2 rings (SSSR count). The zero-order valence-corrected chi connectivity index (χ0v) is 11.7. The van der Waals surface area contributed by atoms with Crippen molar-refractivity contribution in [3.63, 3.8) is 0 Å². The molecule has 1 unspecified atom stereocenters. The second-order valence-electron chi connectivity index (χ2n) is 4.82. The molecule has 4 N–H and O–H groups in total. The van der Waals surface area contributed by atoms with E-state index in [0.717, 1.165) is 25.7 Å². The number of nitrogens with two attached hydrogens (primary N) is 1. The van der Waals surface area contributed by atoms with Crippen LogP contribution in [0.3, 0.4) is 0 Å². The molecule has 0 radical (unpaired) electrons. The molecule has 1 atom stereocenters. The van der Waals surface area contributed by atoms with E-state index in [0.29, 0.717) is 16.9 Å². The van der Waals surface area contributed by atoms with Gasteiger partial charge in [-0.2, -0.15) is 4.98 Å². The highest BCUT2D eigenvalue weighted by Gasteiger charge is 2.12. The van der Waals surface area contributed by atoms with Crippen LogP contribution in [0.1, 0.15) is 32.6 Å². The normalized spacial score (nSPS) is 12.5. The number of fused-ring (bicyclic) bond motifs is 1. The van der Waals surface area contributed by atoms with E-state index in [-0.39, 0.29) is 18.6 Å². The van der Waals surface area contributed by atoms with Crippen LogP contribution in [0.2, 0.25) is 0 Å². The van der Waals surface area contributed by atoms with Crippen molar-refractivity contribution in [2.75, 3.05) is 17.7 Å². The minimum absolute atomic E-state index is 0.0407. The molecule has 108 valence electrons. The number of nitrogens with zero attached hydrogens (tertiary/aromatic N) is 3. The molecule has 0 saturated heterocycles. The molecule has 20 heavy (non-hydrogen) atoms. The highest BCUT2D eigenvalue weighted by Crippen LogP contribution is 2.20. The quantitative estimate of drug-likeness (QED) is 0.668. The number of nitrogen functional groups attached to an aromatic ring is 1. The molecule has 0 bridgehead atoms. The number of hydrogen-bond donors (Lipinski definition) is 3. The van der Waals surface area contributed by atoms with Crippen molar-refractivity contribution in [3.05, 3.63) is 18.3 Å². The van der Waals surface area contributed by atoms with Gasteiger partial charge in [-0.1, -0.05) is 26.2 Å². The Morgan fingerprint density at radius 1 is 1.35 bits per heavy atom. The van der Waals surface area contributed by atoms with Crippen molar-refractivity contribution in [1.29, 1.82) is 0 Å². The molecular formula is C14H21N5O. The van der Waals surface area contributed by atoms with Gasteiger partial charge >= 0.3 is 0 Å². The number of rotatable bonds is 7. The van der Waals surface area contributed by atoms with Crippen LogP contribution < -0.4 is 11.1 Å². The maximum absolute atomic E-state index is 9.47. The molecule has 0 aliphatic carbocycles. The van der Waals surface area contributed by atoms with Gasteiger partial charge in [0.05, 0.1) is 18.2 Å². The Bertz CT molecular complexity index is 560. The molecule has 0 fully saturated rings. The lowest BCUT2D eigenvalue weighted by molar-refractivity contribution is 0.266. The number of aromatic nitrogens is 3. The molecule has 0 aromatic carbocycles. The summed E-state index contributed by atoms with van der Waals surface area (Å²) in [5.74, 6) is 0.793. The highest BCUT2D eigenvalue weighted by atomic mass is 16.3. The maximum Gasteiger partial charge on any atom is 0.222 e. The van der Waals surface area contributed by atoms with E-state index in [4.69, 9.17) is 5.73 Å². The standard InChI is InChI=1S/C14H21N5O/c1-2-3-4-6-10(9-20)17-13-12-11(7-5-8-16-12)18-14(15)19-13/h5,7-8,10,20H,2-4,6,9H2,1H3,(H3,15,17,18,19). The topological polar surface area (TPSA) is 97.0 Å². The van der Waals surface area contributed by atoms with Gasteiger partial charge < -0.3 is 16.2 Å². The highest BCUT2D eigenvalue weighted by molar-refractivity contribution is 5.85. The van der Waals surface area contributed by atoms with Gasteiger partial charge in [-0.25, -0.2) is 4.98 Å². The van der Waals surface area contributed by atoms with E-state index in [1.54, 1.807) is 6.20 Å². The zero-order chi connectivity index (χ0) is 14.4. The number of hydrogen-bond acceptors (Lipinski definition) is 6. The fourth-order valence-corrected chi connectivity index (χ4v) is 2.13. The van der Waals surface area contributed by atoms with Gasteiger partial charge in [0.15, 0.2) is 5.82 Å². The van der Waals surface area contributed by atoms with Crippen molar-refractivity contribution < 1.29 is 5.11 Å². The van der Waals surface area contributed by atoms with E-state index in [1.807, 2.05) is 12.1 Å². The van der Waals surface area contributed by atoms with Gasteiger partial charge in [-0.15, -0.1) is 0 Å². The number of nitrogens with one attached hydrogen (secondary N) is 1. The second-order valence-corrected chi connectivity index (χ2v) is 4.82. The summed E-state index contributed by atoms with van der Waals surface area (Å²) in [6.45, 7) is 2.21. The van der Waals surface area contributed by atoms with Crippen molar-refractivity contribution in [3.8, 4) is 0 Å². The molecule has 0 amide bonds. The lowest BCUT2D eigenvalue weighted by Gasteiger charge is -2.17. The summed E-state index contributed by atoms with van der Waals surface area (Å²) >= 11 is 0. The first-order valence-electron chi connectivity index (χ1n) is 7.00. The third-order valence-corrected chi connectivity index (χ3v) is 3.19. The van der Waals surface area contributed by atoms with Crippen molar-refractivity contribution in [2.24, 2.45) is 0 Å². The average Bonchev–Trinajstić information content (AvgIpc) is 2.46. The van der Waals surface area contributed by atoms with Gasteiger partial charge in [0.1, 0.15) is 5.52 Å². The van der Waals surface area contributed by atoms with E-state index in [1.165, 1.54) is 0 Å². The summed E-state index contributed by atoms with van der Waals surface area (Å²) in [6.07, 6.45) is 5.97. The largest absolute Gasteiger partial charge is 0.394 e. The third kappa shape index (κ3) is 3.54. The molecule has 2 heterocycles. The summed E-state index contributed by atoms with van der Waals surface area (Å²) in [5, 5.41) is 12.7. The van der Waals surface area contributed by atoms with E-state index in [2.05, 4.69) is 27.2 Å². The maximum atomic E-state index is 9.47. The van der Waals surface area contributed by atoms with Crippen LogP contribution in [0, 0.1) is 0 Å². The first-order chi connectivity index (χ1) is 9.74.